The lowest BCUT2D eigenvalue weighted by atomic mass is 9.95. The summed E-state index contributed by atoms with van der Waals surface area (Å²) in [5.74, 6) is -0.751. The zero-order chi connectivity index (χ0) is 12.9. The molecule has 0 amide bonds. The van der Waals surface area contributed by atoms with E-state index in [-0.39, 0.29) is 0 Å². The van der Waals surface area contributed by atoms with Crippen LogP contribution in [0.3, 0.4) is 0 Å². The quantitative estimate of drug-likeness (QED) is 0.763. The van der Waals surface area contributed by atoms with Gasteiger partial charge in [-0.1, -0.05) is 0 Å². The van der Waals surface area contributed by atoms with Crippen molar-refractivity contribution in [2.75, 3.05) is 46.9 Å². The molecule has 1 aliphatic heterocycles. The van der Waals surface area contributed by atoms with Crippen LogP contribution in [0.1, 0.15) is 19.8 Å². The molecule has 0 spiro atoms. The first-order valence-corrected chi connectivity index (χ1v) is 6.16. The summed E-state index contributed by atoms with van der Waals surface area (Å²) >= 11 is 0. The maximum atomic E-state index is 11.5. The first-order chi connectivity index (χ1) is 8.00. The van der Waals surface area contributed by atoms with Gasteiger partial charge in [0.05, 0.1) is 0 Å². The van der Waals surface area contributed by atoms with Crippen LogP contribution in [0.15, 0.2) is 0 Å². The van der Waals surface area contributed by atoms with Gasteiger partial charge in [0.25, 0.3) is 0 Å². The van der Waals surface area contributed by atoms with E-state index in [2.05, 4.69) is 16.8 Å². The molecular weight excluding hydrogens is 220 g/mol. The highest BCUT2D eigenvalue weighted by atomic mass is 16.5. The number of hydrogen-bond donors (Lipinski definition) is 1. The van der Waals surface area contributed by atoms with Crippen LogP contribution in [-0.2, 0) is 9.53 Å². The van der Waals surface area contributed by atoms with E-state index in [0.717, 1.165) is 32.6 Å². The Morgan fingerprint density at radius 3 is 2.65 bits per heavy atom. The van der Waals surface area contributed by atoms with Gasteiger partial charge in [-0.05, 0) is 33.4 Å². The van der Waals surface area contributed by atoms with Crippen molar-refractivity contribution in [2.24, 2.45) is 0 Å². The predicted molar refractivity (Wildman–Crippen MR) is 66.2 cm³/mol. The van der Waals surface area contributed by atoms with Crippen molar-refractivity contribution in [1.29, 1.82) is 0 Å². The first-order valence-electron chi connectivity index (χ1n) is 6.16. The third kappa shape index (κ3) is 3.66. The molecule has 1 unspecified atom stereocenters. The number of carbonyl (C=O) groups is 1. The van der Waals surface area contributed by atoms with Crippen LogP contribution < -0.4 is 0 Å². The molecular formula is C12H24N2O3. The van der Waals surface area contributed by atoms with Crippen LogP contribution in [0.25, 0.3) is 0 Å². The van der Waals surface area contributed by atoms with E-state index in [1.54, 1.807) is 14.0 Å². The van der Waals surface area contributed by atoms with Crippen molar-refractivity contribution >= 4 is 5.97 Å². The molecule has 0 aromatic heterocycles. The van der Waals surface area contributed by atoms with E-state index >= 15 is 0 Å². The third-order valence-electron chi connectivity index (χ3n) is 3.67. The van der Waals surface area contributed by atoms with Crippen molar-refractivity contribution in [3.63, 3.8) is 0 Å². The van der Waals surface area contributed by atoms with Crippen LogP contribution in [0.5, 0.6) is 0 Å². The average Bonchev–Trinajstić information content (AvgIpc) is 2.51. The zero-order valence-corrected chi connectivity index (χ0v) is 11.1. The number of nitrogens with zero attached hydrogens (tertiary/aromatic N) is 2. The second kappa shape index (κ2) is 6.33. The van der Waals surface area contributed by atoms with Gasteiger partial charge >= 0.3 is 5.97 Å². The molecule has 0 saturated carbocycles. The molecule has 0 aromatic carbocycles. The molecule has 100 valence electrons. The zero-order valence-electron chi connectivity index (χ0n) is 11.1. The lowest BCUT2D eigenvalue weighted by Gasteiger charge is -2.37. The Hall–Kier alpha value is -0.650. The smallest absolute Gasteiger partial charge is 0.323 e. The number of methoxy groups -OCH3 is 1. The lowest BCUT2D eigenvalue weighted by Crippen LogP contribution is -2.54. The fraction of sp³-hybridized carbons (Fsp3) is 0.917. The fourth-order valence-electron chi connectivity index (χ4n) is 2.24. The number of carboxylic acid groups (broad SMARTS) is 1. The summed E-state index contributed by atoms with van der Waals surface area (Å²) in [6.07, 6.45) is 1.55. The minimum Gasteiger partial charge on any atom is -0.480 e. The van der Waals surface area contributed by atoms with E-state index in [1.165, 1.54) is 0 Å². The van der Waals surface area contributed by atoms with Crippen LogP contribution in [-0.4, -0.2) is 73.4 Å². The summed E-state index contributed by atoms with van der Waals surface area (Å²) in [7, 11) is 3.69. The highest BCUT2D eigenvalue weighted by molar-refractivity contribution is 5.78. The van der Waals surface area contributed by atoms with E-state index in [9.17, 15) is 9.90 Å². The van der Waals surface area contributed by atoms with Gasteiger partial charge in [0.1, 0.15) is 5.54 Å². The average molecular weight is 244 g/mol. The largest absolute Gasteiger partial charge is 0.480 e. The first kappa shape index (κ1) is 14.4. The molecule has 1 fully saturated rings. The van der Waals surface area contributed by atoms with Gasteiger partial charge in [0.2, 0.25) is 0 Å². The molecule has 0 aromatic rings. The molecule has 1 saturated heterocycles. The standard InChI is InChI=1S/C12H24N2O3/c1-12(11(15)16,5-10-17-3)14-7-4-6-13(2)8-9-14/h4-10H2,1-3H3,(H,15,16). The van der Waals surface area contributed by atoms with E-state index in [0.29, 0.717) is 13.0 Å². The summed E-state index contributed by atoms with van der Waals surface area (Å²) in [6.45, 7) is 5.90. The normalized spacial score (nSPS) is 23.0. The number of aliphatic carboxylic acids is 1. The van der Waals surface area contributed by atoms with E-state index in [4.69, 9.17) is 4.74 Å². The minimum absolute atomic E-state index is 0.481. The summed E-state index contributed by atoms with van der Waals surface area (Å²) in [5.41, 5.74) is -0.804. The van der Waals surface area contributed by atoms with Crippen LogP contribution >= 0.6 is 0 Å². The Labute approximate surface area is 103 Å². The molecule has 1 N–H and O–H groups in total. The topological polar surface area (TPSA) is 53.0 Å². The lowest BCUT2D eigenvalue weighted by molar-refractivity contribution is -0.151. The second-order valence-corrected chi connectivity index (χ2v) is 4.97. The third-order valence-corrected chi connectivity index (χ3v) is 3.67. The van der Waals surface area contributed by atoms with Gasteiger partial charge in [0.15, 0.2) is 0 Å². The highest BCUT2D eigenvalue weighted by Gasteiger charge is 2.39. The predicted octanol–water partition coefficient (Wildman–Crippen LogP) is 0.504. The Morgan fingerprint density at radius 2 is 2.06 bits per heavy atom. The Morgan fingerprint density at radius 1 is 1.35 bits per heavy atom. The second-order valence-electron chi connectivity index (χ2n) is 4.97. The molecule has 0 radical (unpaired) electrons. The highest BCUT2D eigenvalue weighted by Crippen LogP contribution is 2.22. The summed E-state index contributed by atoms with van der Waals surface area (Å²) < 4.78 is 5.03. The van der Waals surface area contributed by atoms with Crippen molar-refractivity contribution in [3.8, 4) is 0 Å². The molecule has 1 aliphatic rings. The SMILES string of the molecule is COCCC(C)(C(=O)O)N1CCCN(C)CC1. The maximum Gasteiger partial charge on any atom is 0.323 e. The van der Waals surface area contributed by atoms with Crippen molar-refractivity contribution in [3.05, 3.63) is 0 Å². The minimum atomic E-state index is -0.804. The maximum absolute atomic E-state index is 11.5. The molecule has 5 heteroatoms. The van der Waals surface area contributed by atoms with Crippen molar-refractivity contribution in [1.82, 2.24) is 9.80 Å². The molecule has 1 heterocycles. The summed E-state index contributed by atoms with van der Waals surface area (Å²) in [4.78, 5) is 15.8. The number of carboxylic acids is 1. The molecule has 0 aliphatic carbocycles. The monoisotopic (exact) mass is 244 g/mol. The van der Waals surface area contributed by atoms with Gasteiger partial charge in [-0.2, -0.15) is 0 Å². The van der Waals surface area contributed by atoms with Crippen LogP contribution in [0.2, 0.25) is 0 Å². The van der Waals surface area contributed by atoms with Gasteiger partial charge in [0, 0.05) is 33.4 Å². The van der Waals surface area contributed by atoms with Crippen molar-refractivity contribution < 1.29 is 14.6 Å². The molecule has 5 nitrogen and oxygen atoms in total. The van der Waals surface area contributed by atoms with Gasteiger partial charge in [-0.15, -0.1) is 0 Å². The Kier molecular flexibility index (Phi) is 5.36. The molecule has 1 atom stereocenters. The number of rotatable bonds is 5. The Balaban J connectivity index is 2.71. The van der Waals surface area contributed by atoms with Crippen LogP contribution in [0.4, 0.5) is 0 Å². The van der Waals surface area contributed by atoms with E-state index in [1.807, 2.05) is 0 Å². The van der Waals surface area contributed by atoms with E-state index < -0.39 is 11.5 Å². The molecule has 0 bridgehead atoms. The molecule has 17 heavy (non-hydrogen) atoms. The van der Waals surface area contributed by atoms with Gasteiger partial charge in [-0.3, -0.25) is 9.69 Å². The van der Waals surface area contributed by atoms with Crippen molar-refractivity contribution in [2.45, 2.75) is 25.3 Å². The van der Waals surface area contributed by atoms with Crippen LogP contribution in [0, 0.1) is 0 Å². The summed E-state index contributed by atoms with van der Waals surface area (Å²) in [5, 5.41) is 9.46. The van der Waals surface area contributed by atoms with Gasteiger partial charge < -0.3 is 14.7 Å². The molecule has 1 rings (SSSR count). The Bertz CT molecular complexity index is 260. The van der Waals surface area contributed by atoms with Gasteiger partial charge in [-0.25, -0.2) is 0 Å². The number of likely N-dealkylation sites (N-methyl/N-ethyl adjacent to an activating group) is 1. The fourth-order valence-corrected chi connectivity index (χ4v) is 2.24. The number of ether oxygens (including phenoxy) is 1. The number of hydrogen-bond acceptors (Lipinski definition) is 4. The summed E-state index contributed by atoms with van der Waals surface area (Å²) in [6, 6.07) is 0.